The zero-order valence-corrected chi connectivity index (χ0v) is 33.7. The molecule has 50 heavy (non-hydrogen) atoms. The predicted octanol–water partition coefficient (Wildman–Crippen LogP) is 15.3. The summed E-state index contributed by atoms with van der Waals surface area (Å²) in [5, 5.41) is 0. The van der Waals surface area contributed by atoms with Gasteiger partial charge in [0.25, 0.3) is 0 Å². The van der Waals surface area contributed by atoms with E-state index >= 15 is 0 Å². The molecule has 0 atom stereocenters. The van der Waals surface area contributed by atoms with Gasteiger partial charge in [0.1, 0.15) is 17.2 Å². The van der Waals surface area contributed by atoms with Crippen LogP contribution in [0.3, 0.4) is 0 Å². The first-order valence-electron chi connectivity index (χ1n) is 20.5. The lowest BCUT2D eigenvalue weighted by atomic mass is 10.0. The Balaban J connectivity index is 1.58. The summed E-state index contributed by atoms with van der Waals surface area (Å²) in [5.41, 5.74) is 3.98. The van der Waals surface area contributed by atoms with E-state index in [2.05, 4.69) is 57.2 Å². The zero-order valence-electron chi connectivity index (χ0n) is 32.0. The fourth-order valence-corrected chi connectivity index (χ4v) is 8.48. The van der Waals surface area contributed by atoms with E-state index in [1.54, 1.807) is 0 Å². The maximum absolute atomic E-state index is 6.43. The molecule has 0 N–H and O–H groups in total. The van der Waals surface area contributed by atoms with E-state index < -0.39 is 6.72 Å². The fraction of sp³-hybridized carbons (Fsp3) is 0.600. The van der Waals surface area contributed by atoms with Gasteiger partial charge in [-0.2, -0.15) is 0 Å². The van der Waals surface area contributed by atoms with Crippen LogP contribution in [0.25, 0.3) is 0 Å². The second-order valence-electron chi connectivity index (χ2n) is 14.3. The Kier molecular flexibility index (Phi) is 22.3. The van der Waals surface area contributed by atoms with Gasteiger partial charge in [-0.25, -0.2) is 0 Å². The van der Waals surface area contributed by atoms with Crippen molar-refractivity contribution in [2.45, 2.75) is 175 Å². The van der Waals surface area contributed by atoms with Gasteiger partial charge < -0.3 is 13.6 Å². The quantitative estimate of drug-likeness (QED) is 0.0506. The Bertz CT molecular complexity index is 1130. The largest absolute Gasteiger partial charge is 0.490 e. The molecule has 0 aliphatic heterocycles. The average molecular weight is 721 g/mol. The van der Waals surface area contributed by atoms with Crippen molar-refractivity contribution in [3.63, 3.8) is 0 Å². The molecule has 0 bridgehead atoms. The van der Waals surface area contributed by atoms with Crippen molar-refractivity contribution < 1.29 is 13.6 Å². The van der Waals surface area contributed by atoms with Crippen LogP contribution in [0.2, 0.25) is 0 Å². The predicted molar refractivity (Wildman–Crippen MR) is 221 cm³/mol. The van der Waals surface area contributed by atoms with Gasteiger partial charge >= 0.3 is 6.72 Å². The molecule has 0 aromatic heterocycles. The van der Waals surface area contributed by atoms with Crippen molar-refractivity contribution >= 4 is 18.5 Å². The first kappa shape index (κ1) is 42.1. The minimum atomic E-state index is -3.22. The van der Waals surface area contributed by atoms with Gasteiger partial charge in [0.2, 0.25) is 0 Å². The molecule has 0 heterocycles. The van der Waals surface area contributed by atoms with Crippen LogP contribution in [0.15, 0.2) is 72.8 Å². The monoisotopic (exact) mass is 720 g/mol. The molecule has 0 radical (unpaired) electrons. The molecular weight excluding hydrogens is 652 g/mol. The van der Waals surface area contributed by atoms with Crippen LogP contribution in [0.5, 0.6) is 17.2 Å². The van der Waals surface area contributed by atoms with E-state index in [9.17, 15) is 0 Å². The number of hydrogen-bond acceptors (Lipinski definition) is 4. The van der Waals surface area contributed by atoms with Gasteiger partial charge in [0.05, 0.1) is 0 Å². The summed E-state index contributed by atoms with van der Waals surface area (Å²) in [6.45, 7) is 3.60. The first-order valence-corrected chi connectivity index (χ1v) is 23.0. The Hall–Kier alpha value is -2.29. The summed E-state index contributed by atoms with van der Waals surface area (Å²) >= 11 is 6.08. The van der Waals surface area contributed by atoms with Crippen LogP contribution >= 0.6 is 6.72 Å². The average Bonchev–Trinajstić information content (AvgIpc) is 3.12. The molecule has 3 rings (SSSR count). The topological polar surface area (TPSA) is 27.7 Å². The van der Waals surface area contributed by atoms with E-state index in [-0.39, 0.29) is 0 Å². The lowest BCUT2D eigenvalue weighted by Crippen LogP contribution is -2.07. The number of aryl methyl sites for hydroxylation is 3. The van der Waals surface area contributed by atoms with Crippen LogP contribution < -0.4 is 13.6 Å². The highest BCUT2D eigenvalue weighted by atomic mass is 32.5. The Morgan fingerprint density at radius 2 is 0.560 bits per heavy atom. The van der Waals surface area contributed by atoms with Gasteiger partial charge in [-0.05, 0) is 91.6 Å². The molecule has 0 unspecified atom stereocenters. The Labute approximate surface area is 312 Å². The Morgan fingerprint density at radius 3 is 0.800 bits per heavy atom. The maximum atomic E-state index is 6.43. The third-order valence-electron chi connectivity index (χ3n) is 9.63. The molecule has 3 nitrogen and oxygen atoms in total. The van der Waals surface area contributed by atoms with E-state index in [1.807, 2.05) is 36.4 Å². The smallest absolute Gasteiger partial charge is 0.407 e. The molecule has 3 aromatic carbocycles. The van der Waals surface area contributed by atoms with Crippen molar-refractivity contribution in [1.29, 1.82) is 0 Å². The fourth-order valence-electron chi connectivity index (χ4n) is 6.45. The number of hydrogen-bond donors (Lipinski definition) is 0. The molecule has 0 fully saturated rings. The minimum absolute atomic E-state index is 0.683. The second-order valence-corrected chi connectivity index (χ2v) is 17.1. The van der Waals surface area contributed by atoms with Gasteiger partial charge in [-0.15, -0.1) is 0 Å². The summed E-state index contributed by atoms with van der Waals surface area (Å²) in [4.78, 5) is 0. The van der Waals surface area contributed by atoms with Crippen molar-refractivity contribution in [2.75, 3.05) is 0 Å². The lowest BCUT2D eigenvalue weighted by Gasteiger charge is -2.23. The number of rotatable bonds is 30. The van der Waals surface area contributed by atoms with Crippen molar-refractivity contribution in [2.24, 2.45) is 0 Å². The van der Waals surface area contributed by atoms with Crippen molar-refractivity contribution in [1.82, 2.24) is 0 Å². The number of unbranched alkanes of at least 4 members (excludes halogenated alkanes) is 18. The summed E-state index contributed by atoms with van der Waals surface area (Å²) < 4.78 is 19.3. The van der Waals surface area contributed by atoms with Crippen LogP contribution in [0.1, 0.15) is 172 Å². The standard InChI is InChI=1S/C45H69O3PS/c1-4-7-10-13-16-19-22-25-40-28-34-43(35-29-40)46-49(50,47-44-36-30-41(31-37-44)26-23-20-17-14-11-8-5-2)48-45-38-32-42(33-39-45)27-24-21-18-15-12-9-6-3/h28-39H,4-27H2,1-3H3. The summed E-state index contributed by atoms with van der Waals surface area (Å²) in [7, 11) is 0. The maximum Gasteiger partial charge on any atom is 0.490 e. The van der Waals surface area contributed by atoms with Crippen molar-refractivity contribution in [3.05, 3.63) is 89.5 Å². The van der Waals surface area contributed by atoms with Crippen LogP contribution in [0, 0.1) is 0 Å². The summed E-state index contributed by atoms with van der Waals surface area (Å²) in [6, 6.07) is 25.0. The summed E-state index contributed by atoms with van der Waals surface area (Å²) in [5.74, 6) is 2.05. The molecule has 0 saturated carbocycles. The molecule has 0 aliphatic rings. The van der Waals surface area contributed by atoms with Crippen LogP contribution in [0.4, 0.5) is 0 Å². The van der Waals surface area contributed by atoms with Crippen LogP contribution in [-0.4, -0.2) is 0 Å². The molecule has 5 heteroatoms. The highest BCUT2D eigenvalue weighted by Gasteiger charge is 2.27. The van der Waals surface area contributed by atoms with E-state index in [4.69, 9.17) is 25.4 Å². The lowest BCUT2D eigenvalue weighted by molar-refractivity contribution is 0.384. The highest BCUT2D eigenvalue weighted by molar-refractivity contribution is 8.08. The number of benzene rings is 3. The third kappa shape index (κ3) is 18.8. The van der Waals surface area contributed by atoms with Gasteiger partial charge in [-0.3, -0.25) is 0 Å². The molecule has 0 saturated heterocycles. The minimum Gasteiger partial charge on any atom is -0.407 e. The van der Waals surface area contributed by atoms with Gasteiger partial charge in [0.15, 0.2) is 0 Å². The molecule has 0 aliphatic carbocycles. The van der Waals surface area contributed by atoms with Gasteiger partial charge in [0, 0.05) is 11.8 Å². The molecule has 3 aromatic rings. The Morgan fingerprint density at radius 1 is 0.340 bits per heavy atom. The SMILES string of the molecule is CCCCCCCCCc1ccc(OP(=S)(Oc2ccc(CCCCCCCCC)cc2)Oc2ccc(CCCCCCCCC)cc2)cc1. The van der Waals surface area contributed by atoms with E-state index in [1.165, 1.54) is 152 Å². The van der Waals surface area contributed by atoms with Crippen LogP contribution in [-0.2, 0) is 31.1 Å². The third-order valence-corrected chi connectivity index (χ3v) is 11.6. The molecule has 0 spiro atoms. The van der Waals surface area contributed by atoms with E-state index in [0.29, 0.717) is 17.2 Å². The highest BCUT2D eigenvalue weighted by Crippen LogP contribution is 2.50. The molecular formula is C45H69O3PS. The van der Waals surface area contributed by atoms with E-state index in [0.717, 1.165) is 19.3 Å². The van der Waals surface area contributed by atoms with Crippen molar-refractivity contribution in [3.8, 4) is 17.2 Å². The zero-order chi connectivity index (χ0) is 35.5. The normalized spacial score (nSPS) is 11.5. The second kappa shape index (κ2) is 26.5. The molecule has 0 amide bonds. The first-order chi connectivity index (χ1) is 24.5. The summed E-state index contributed by atoms with van der Waals surface area (Å²) in [6.07, 6.45) is 31.0. The molecule has 278 valence electrons. The van der Waals surface area contributed by atoms with Gasteiger partial charge in [-0.1, -0.05) is 173 Å².